The van der Waals surface area contributed by atoms with Crippen molar-refractivity contribution in [2.45, 2.75) is 5.41 Å². The summed E-state index contributed by atoms with van der Waals surface area (Å²) in [6.07, 6.45) is 0. The van der Waals surface area contributed by atoms with Crippen molar-refractivity contribution >= 4 is 32.8 Å². The molecule has 0 spiro atoms. The Balaban J connectivity index is 1.08. The Bertz CT molecular complexity index is 3540. The first kappa shape index (κ1) is 38.0. The van der Waals surface area contributed by atoms with Gasteiger partial charge in [-0.15, -0.1) is 0 Å². The number of hydrogen-bond donors (Lipinski definition) is 0. The van der Waals surface area contributed by atoms with Crippen molar-refractivity contribution in [2.75, 3.05) is 0 Å². The van der Waals surface area contributed by atoms with Crippen LogP contribution in [0.4, 0.5) is 0 Å². The molecule has 0 bridgehead atoms. The Kier molecular flexibility index (Phi) is 9.27. The van der Waals surface area contributed by atoms with E-state index < -0.39 is 5.41 Å². The van der Waals surface area contributed by atoms with Gasteiger partial charge in [-0.2, -0.15) is 9.97 Å². The molecule has 0 unspecified atom stereocenters. The van der Waals surface area contributed by atoms with Crippen molar-refractivity contribution in [2.24, 2.45) is 0 Å². The number of para-hydroxylation sites is 3. The van der Waals surface area contributed by atoms with Gasteiger partial charge in [0.25, 0.3) is 0 Å². The highest BCUT2D eigenvalue weighted by Gasteiger charge is 2.38. The third kappa shape index (κ3) is 6.42. The van der Waals surface area contributed by atoms with E-state index in [1.54, 1.807) is 0 Å². The van der Waals surface area contributed by atoms with E-state index in [2.05, 4.69) is 221 Å². The molecule has 6 heteroatoms. The third-order valence-electron chi connectivity index (χ3n) is 12.5. The zero-order valence-electron chi connectivity index (χ0n) is 35.3. The standard InChI is InChI=1S/C59H40N6/c1-6-21-41(22-7-1)55-61-56(43-25-20-32-47(39-43)59(44-26-10-3-11-27-44,45-28-12-4-13-29-45)46-30-14-5-15-31-46)63-58(62-55)65-52-35-18-16-33-49(52)50-40-48(37-38-53(50)65)64-54-36-19-17-34-51(54)60-57(64)42-23-8-2-9-24-42/h1-40H. The summed E-state index contributed by atoms with van der Waals surface area (Å²) in [7, 11) is 0. The van der Waals surface area contributed by atoms with Crippen LogP contribution in [0.2, 0.25) is 0 Å². The molecule has 0 aliphatic rings. The third-order valence-corrected chi connectivity index (χ3v) is 12.5. The highest BCUT2D eigenvalue weighted by atomic mass is 15.2. The summed E-state index contributed by atoms with van der Waals surface area (Å²) in [4.78, 5) is 21.1. The molecule has 0 amide bonds. The Labute approximate surface area is 376 Å². The van der Waals surface area contributed by atoms with E-state index >= 15 is 0 Å². The lowest BCUT2D eigenvalue weighted by atomic mass is 9.65. The predicted molar refractivity (Wildman–Crippen MR) is 263 cm³/mol. The SMILES string of the molecule is c1ccc(-c2nc(-c3cccc(C(c4ccccc4)(c4ccccc4)c4ccccc4)c3)nc(-n3c4ccccc4c4cc(-n5c(-c6ccccc6)nc6ccccc65)ccc43)n2)cc1. The van der Waals surface area contributed by atoms with Crippen molar-refractivity contribution in [3.05, 3.63) is 265 Å². The first-order valence-corrected chi connectivity index (χ1v) is 21.9. The number of benzene rings is 9. The van der Waals surface area contributed by atoms with Gasteiger partial charge < -0.3 is 0 Å². The van der Waals surface area contributed by atoms with Gasteiger partial charge >= 0.3 is 0 Å². The van der Waals surface area contributed by atoms with Gasteiger partial charge in [0.15, 0.2) is 11.6 Å². The minimum Gasteiger partial charge on any atom is -0.292 e. The average Bonchev–Trinajstić information content (AvgIpc) is 3.94. The van der Waals surface area contributed by atoms with Crippen molar-refractivity contribution in [3.8, 4) is 45.8 Å². The summed E-state index contributed by atoms with van der Waals surface area (Å²) >= 11 is 0. The summed E-state index contributed by atoms with van der Waals surface area (Å²) in [6.45, 7) is 0. The number of hydrogen-bond acceptors (Lipinski definition) is 4. The van der Waals surface area contributed by atoms with Crippen LogP contribution < -0.4 is 0 Å². The molecule has 0 fully saturated rings. The molecule has 12 rings (SSSR count). The zero-order valence-corrected chi connectivity index (χ0v) is 35.3. The lowest BCUT2D eigenvalue weighted by Gasteiger charge is -2.37. The molecular weight excluding hydrogens is 793 g/mol. The Hall–Kier alpha value is -8.74. The highest BCUT2D eigenvalue weighted by molar-refractivity contribution is 6.10. The molecule has 0 aliphatic heterocycles. The van der Waals surface area contributed by atoms with Gasteiger partial charge in [-0.3, -0.25) is 9.13 Å². The van der Waals surface area contributed by atoms with Crippen molar-refractivity contribution in [3.63, 3.8) is 0 Å². The summed E-state index contributed by atoms with van der Waals surface area (Å²) in [5, 5.41) is 2.18. The van der Waals surface area contributed by atoms with E-state index in [1.807, 2.05) is 30.3 Å². The summed E-state index contributed by atoms with van der Waals surface area (Å²) in [5.74, 6) is 2.61. The Morgan fingerprint density at radius 1 is 0.308 bits per heavy atom. The lowest BCUT2D eigenvalue weighted by molar-refractivity contribution is 0.745. The second-order valence-corrected chi connectivity index (χ2v) is 16.3. The van der Waals surface area contributed by atoms with E-state index in [-0.39, 0.29) is 0 Å². The van der Waals surface area contributed by atoms with Crippen LogP contribution >= 0.6 is 0 Å². The molecule has 306 valence electrons. The summed E-state index contributed by atoms with van der Waals surface area (Å²) < 4.78 is 4.44. The predicted octanol–water partition coefficient (Wildman–Crippen LogP) is 13.7. The normalized spacial score (nSPS) is 11.7. The highest BCUT2D eigenvalue weighted by Crippen LogP contribution is 2.46. The van der Waals surface area contributed by atoms with Gasteiger partial charge in [-0.25, -0.2) is 9.97 Å². The van der Waals surface area contributed by atoms with Gasteiger partial charge in [0.05, 0.1) is 27.5 Å². The molecular formula is C59H40N6. The van der Waals surface area contributed by atoms with Crippen molar-refractivity contribution in [1.82, 2.24) is 29.1 Å². The maximum atomic E-state index is 5.41. The van der Waals surface area contributed by atoms with Crippen LogP contribution in [0.5, 0.6) is 0 Å². The fraction of sp³-hybridized carbons (Fsp3) is 0.0169. The molecule has 0 atom stereocenters. The first-order valence-electron chi connectivity index (χ1n) is 21.9. The molecule has 12 aromatic rings. The quantitative estimate of drug-likeness (QED) is 0.136. The van der Waals surface area contributed by atoms with Crippen LogP contribution in [0.15, 0.2) is 243 Å². The van der Waals surface area contributed by atoms with Crippen molar-refractivity contribution in [1.29, 1.82) is 0 Å². The fourth-order valence-corrected chi connectivity index (χ4v) is 9.65. The Morgan fingerprint density at radius 3 is 1.45 bits per heavy atom. The molecule has 9 aromatic carbocycles. The molecule has 0 saturated carbocycles. The average molecular weight is 833 g/mol. The van der Waals surface area contributed by atoms with Crippen LogP contribution in [0.25, 0.3) is 78.6 Å². The minimum atomic E-state index is -0.636. The second kappa shape index (κ2) is 15.9. The number of fused-ring (bicyclic) bond motifs is 4. The van der Waals surface area contributed by atoms with E-state index in [0.29, 0.717) is 17.6 Å². The van der Waals surface area contributed by atoms with Gasteiger partial charge in [0, 0.05) is 33.2 Å². The number of rotatable bonds is 9. The van der Waals surface area contributed by atoms with E-state index in [0.717, 1.165) is 66.6 Å². The van der Waals surface area contributed by atoms with E-state index in [1.165, 1.54) is 16.7 Å². The van der Waals surface area contributed by atoms with Crippen LogP contribution in [-0.4, -0.2) is 29.1 Å². The van der Waals surface area contributed by atoms with Crippen LogP contribution in [0, 0.1) is 0 Å². The largest absolute Gasteiger partial charge is 0.292 e. The van der Waals surface area contributed by atoms with Gasteiger partial charge in [-0.05, 0) is 64.7 Å². The number of imidazole rings is 1. The molecule has 0 saturated heterocycles. The van der Waals surface area contributed by atoms with E-state index in [9.17, 15) is 0 Å². The van der Waals surface area contributed by atoms with Crippen molar-refractivity contribution < 1.29 is 0 Å². The molecule has 3 aromatic heterocycles. The fourth-order valence-electron chi connectivity index (χ4n) is 9.65. The van der Waals surface area contributed by atoms with Crippen LogP contribution in [0.1, 0.15) is 22.3 Å². The molecule has 0 radical (unpaired) electrons. The molecule has 3 heterocycles. The van der Waals surface area contributed by atoms with E-state index in [4.69, 9.17) is 19.9 Å². The summed E-state index contributed by atoms with van der Waals surface area (Å²) in [6, 6.07) is 85.1. The van der Waals surface area contributed by atoms with Gasteiger partial charge in [-0.1, -0.05) is 200 Å². The topological polar surface area (TPSA) is 61.4 Å². The monoisotopic (exact) mass is 832 g/mol. The molecule has 0 aliphatic carbocycles. The zero-order chi connectivity index (χ0) is 43.2. The number of aromatic nitrogens is 6. The van der Waals surface area contributed by atoms with Crippen LogP contribution in [-0.2, 0) is 5.41 Å². The Morgan fingerprint density at radius 2 is 0.800 bits per heavy atom. The lowest BCUT2D eigenvalue weighted by Crippen LogP contribution is -2.31. The van der Waals surface area contributed by atoms with Gasteiger partial charge in [0.2, 0.25) is 5.95 Å². The first-order chi connectivity index (χ1) is 32.2. The van der Waals surface area contributed by atoms with Gasteiger partial charge in [0.1, 0.15) is 5.82 Å². The minimum absolute atomic E-state index is 0.539. The summed E-state index contributed by atoms with van der Waals surface area (Å²) in [5.41, 5.74) is 11.8. The molecule has 65 heavy (non-hydrogen) atoms. The maximum Gasteiger partial charge on any atom is 0.238 e. The maximum absolute atomic E-state index is 5.41. The van der Waals surface area contributed by atoms with Crippen LogP contribution in [0.3, 0.4) is 0 Å². The molecule has 0 N–H and O–H groups in total. The number of nitrogens with zero attached hydrogens (tertiary/aromatic N) is 6. The second-order valence-electron chi connectivity index (χ2n) is 16.3. The molecule has 6 nitrogen and oxygen atoms in total. The smallest absolute Gasteiger partial charge is 0.238 e.